The molecule has 3 aromatic rings. The Bertz CT molecular complexity index is 874. The van der Waals surface area contributed by atoms with Gasteiger partial charge < -0.3 is 10.3 Å². The highest BCUT2D eigenvalue weighted by atomic mass is 35.5. The number of hydrogen-bond acceptors (Lipinski definition) is 3. The summed E-state index contributed by atoms with van der Waals surface area (Å²) in [4.78, 5) is 24.2. The smallest absolute Gasteiger partial charge is 0.271 e. The molecular formula is C18H15ClN4O. The normalized spacial score (nSPS) is 17.0. The van der Waals surface area contributed by atoms with Crippen LogP contribution in [0.1, 0.15) is 27.7 Å². The fourth-order valence-electron chi connectivity index (χ4n) is 2.97. The van der Waals surface area contributed by atoms with E-state index >= 15 is 0 Å². The number of fused-ring (bicyclic) bond motifs is 1. The van der Waals surface area contributed by atoms with Crippen LogP contribution in [0.15, 0.2) is 48.8 Å². The third-order valence-corrected chi connectivity index (χ3v) is 4.48. The Morgan fingerprint density at radius 2 is 2.00 bits per heavy atom. The van der Waals surface area contributed by atoms with Crippen LogP contribution in [-0.4, -0.2) is 27.4 Å². The van der Waals surface area contributed by atoms with Gasteiger partial charge in [0.2, 0.25) is 0 Å². The summed E-state index contributed by atoms with van der Waals surface area (Å²) >= 11 is 5.97. The van der Waals surface area contributed by atoms with Gasteiger partial charge in [-0.15, -0.1) is 0 Å². The van der Waals surface area contributed by atoms with Crippen LogP contribution < -0.4 is 5.32 Å². The molecule has 0 aliphatic carbocycles. The second kappa shape index (κ2) is 6.09. The van der Waals surface area contributed by atoms with E-state index < -0.39 is 0 Å². The molecule has 0 radical (unpaired) electrons. The SMILES string of the molecule is O=C1NC[C@@H](c2ccc(Cl)cc2)Cc2[nH]c(-c3cccnc3)nc21. The molecule has 24 heavy (non-hydrogen) atoms. The first-order valence-corrected chi connectivity index (χ1v) is 8.11. The summed E-state index contributed by atoms with van der Waals surface area (Å²) in [6, 6.07) is 11.5. The number of benzene rings is 1. The number of nitrogens with one attached hydrogen (secondary N) is 2. The molecule has 1 amide bonds. The Kier molecular flexibility index (Phi) is 3.78. The van der Waals surface area contributed by atoms with Crippen LogP contribution in [0.4, 0.5) is 0 Å². The fourth-order valence-corrected chi connectivity index (χ4v) is 3.10. The predicted molar refractivity (Wildman–Crippen MR) is 92.0 cm³/mol. The van der Waals surface area contributed by atoms with Crippen molar-refractivity contribution in [2.45, 2.75) is 12.3 Å². The largest absolute Gasteiger partial charge is 0.350 e. The zero-order chi connectivity index (χ0) is 16.5. The second-order valence-corrected chi connectivity index (χ2v) is 6.25. The molecular weight excluding hydrogens is 324 g/mol. The van der Waals surface area contributed by atoms with Crippen LogP contribution in [0.25, 0.3) is 11.4 Å². The molecule has 5 nitrogen and oxygen atoms in total. The first-order valence-electron chi connectivity index (χ1n) is 7.73. The number of hydrogen-bond donors (Lipinski definition) is 2. The number of aromatic nitrogens is 3. The molecule has 3 heterocycles. The van der Waals surface area contributed by atoms with Crippen molar-refractivity contribution < 1.29 is 4.79 Å². The minimum atomic E-state index is -0.146. The van der Waals surface area contributed by atoms with Gasteiger partial charge in [0.25, 0.3) is 5.91 Å². The Hall–Kier alpha value is -2.66. The summed E-state index contributed by atoms with van der Waals surface area (Å²) < 4.78 is 0. The standard InChI is InChI=1S/C18H15ClN4O/c19-14-5-3-11(4-6-14)13-8-15-16(18(24)21-10-13)23-17(22-15)12-2-1-7-20-9-12/h1-7,9,13H,8,10H2,(H,21,24)(H,22,23)/t13-/m0/s1. The Balaban J connectivity index is 1.69. The topological polar surface area (TPSA) is 70.7 Å². The van der Waals surface area contributed by atoms with Crippen molar-refractivity contribution in [3.05, 3.63) is 70.8 Å². The molecule has 2 N–H and O–H groups in total. The van der Waals surface area contributed by atoms with Crippen molar-refractivity contribution in [2.75, 3.05) is 6.54 Å². The summed E-state index contributed by atoms with van der Waals surface area (Å²) in [5, 5.41) is 3.66. The number of amides is 1. The third-order valence-electron chi connectivity index (χ3n) is 4.23. The molecule has 1 atom stereocenters. The van der Waals surface area contributed by atoms with E-state index in [2.05, 4.69) is 20.3 Å². The van der Waals surface area contributed by atoms with Gasteiger partial charge in [0.05, 0.1) is 0 Å². The van der Waals surface area contributed by atoms with Gasteiger partial charge in [0.15, 0.2) is 0 Å². The molecule has 0 saturated heterocycles. The summed E-state index contributed by atoms with van der Waals surface area (Å²) in [5.74, 6) is 0.697. The summed E-state index contributed by atoms with van der Waals surface area (Å²) in [6.07, 6.45) is 4.15. The second-order valence-electron chi connectivity index (χ2n) is 5.82. The number of halogens is 1. The van der Waals surface area contributed by atoms with E-state index in [9.17, 15) is 4.79 Å². The lowest BCUT2D eigenvalue weighted by Gasteiger charge is -2.14. The minimum absolute atomic E-state index is 0.146. The van der Waals surface area contributed by atoms with Gasteiger partial charge in [-0.25, -0.2) is 4.98 Å². The fraction of sp³-hybridized carbons (Fsp3) is 0.167. The van der Waals surface area contributed by atoms with Crippen molar-refractivity contribution in [1.82, 2.24) is 20.3 Å². The summed E-state index contributed by atoms with van der Waals surface area (Å²) in [5.41, 5.74) is 3.32. The first kappa shape index (κ1) is 14.9. The van der Waals surface area contributed by atoms with Crippen LogP contribution in [0.5, 0.6) is 0 Å². The average molecular weight is 339 g/mol. The molecule has 2 aromatic heterocycles. The highest BCUT2D eigenvalue weighted by Crippen LogP contribution is 2.27. The van der Waals surface area contributed by atoms with E-state index in [1.807, 2.05) is 36.4 Å². The lowest BCUT2D eigenvalue weighted by molar-refractivity contribution is 0.0950. The van der Waals surface area contributed by atoms with Crippen LogP contribution in [0, 0.1) is 0 Å². The van der Waals surface area contributed by atoms with Gasteiger partial charge in [0.1, 0.15) is 11.5 Å². The third kappa shape index (κ3) is 2.78. The first-order chi connectivity index (χ1) is 11.7. The molecule has 0 unspecified atom stereocenters. The number of rotatable bonds is 2. The van der Waals surface area contributed by atoms with Crippen LogP contribution in [0.2, 0.25) is 5.02 Å². The number of pyridine rings is 1. The van der Waals surface area contributed by atoms with E-state index in [0.29, 0.717) is 29.5 Å². The molecule has 1 aliphatic rings. The van der Waals surface area contributed by atoms with Gasteiger partial charge in [-0.05, 0) is 36.2 Å². The van der Waals surface area contributed by atoms with Crippen LogP contribution in [-0.2, 0) is 6.42 Å². The lowest BCUT2D eigenvalue weighted by Crippen LogP contribution is -2.26. The van der Waals surface area contributed by atoms with Crippen LogP contribution in [0.3, 0.4) is 0 Å². The summed E-state index contributed by atoms with van der Waals surface area (Å²) in [6.45, 7) is 0.576. The maximum Gasteiger partial charge on any atom is 0.271 e. The van der Waals surface area contributed by atoms with Crippen LogP contribution >= 0.6 is 11.6 Å². The number of carbonyl (C=O) groups excluding carboxylic acids is 1. The zero-order valence-electron chi connectivity index (χ0n) is 12.8. The van der Waals surface area contributed by atoms with E-state index in [0.717, 1.165) is 16.8 Å². The molecule has 0 spiro atoms. The van der Waals surface area contributed by atoms with Gasteiger partial charge in [0, 0.05) is 41.1 Å². The molecule has 0 saturated carbocycles. The van der Waals surface area contributed by atoms with E-state index in [1.54, 1.807) is 12.4 Å². The number of H-pyrrole nitrogens is 1. The van der Waals surface area contributed by atoms with Crippen molar-refractivity contribution in [3.8, 4) is 11.4 Å². The van der Waals surface area contributed by atoms with E-state index in [4.69, 9.17) is 11.6 Å². The lowest BCUT2D eigenvalue weighted by atomic mass is 9.94. The van der Waals surface area contributed by atoms with Crippen molar-refractivity contribution >= 4 is 17.5 Å². The van der Waals surface area contributed by atoms with Gasteiger partial charge >= 0.3 is 0 Å². The number of aromatic amines is 1. The zero-order valence-corrected chi connectivity index (χ0v) is 13.5. The molecule has 4 rings (SSSR count). The maximum atomic E-state index is 12.4. The van der Waals surface area contributed by atoms with E-state index in [1.165, 1.54) is 0 Å². The summed E-state index contributed by atoms with van der Waals surface area (Å²) in [7, 11) is 0. The molecule has 1 aliphatic heterocycles. The quantitative estimate of drug-likeness (QED) is 0.753. The predicted octanol–water partition coefficient (Wildman–Crippen LogP) is 3.19. The molecule has 120 valence electrons. The molecule has 0 fully saturated rings. The van der Waals surface area contributed by atoms with Gasteiger partial charge in [-0.1, -0.05) is 23.7 Å². The van der Waals surface area contributed by atoms with Gasteiger partial charge in [-0.2, -0.15) is 0 Å². The number of imidazole rings is 1. The Morgan fingerprint density at radius 1 is 1.17 bits per heavy atom. The molecule has 6 heteroatoms. The minimum Gasteiger partial charge on any atom is -0.350 e. The Labute approximate surface area is 144 Å². The van der Waals surface area contributed by atoms with Crippen molar-refractivity contribution in [2.24, 2.45) is 0 Å². The monoisotopic (exact) mass is 338 g/mol. The highest BCUT2D eigenvalue weighted by Gasteiger charge is 2.26. The highest BCUT2D eigenvalue weighted by molar-refractivity contribution is 6.30. The molecule has 1 aromatic carbocycles. The molecule has 0 bridgehead atoms. The van der Waals surface area contributed by atoms with Crippen molar-refractivity contribution in [1.29, 1.82) is 0 Å². The van der Waals surface area contributed by atoms with E-state index in [-0.39, 0.29) is 11.8 Å². The Morgan fingerprint density at radius 3 is 2.75 bits per heavy atom. The maximum absolute atomic E-state index is 12.4. The van der Waals surface area contributed by atoms with Gasteiger partial charge in [-0.3, -0.25) is 9.78 Å². The number of carbonyl (C=O) groups is 1. The number of nitrogens with zero attached hydrogens (tertiary/aromatic N) is 2. The van der Waals surface area contributed by atoms with Crippen molar-refractivity contribution in [3.63, 3.8) is 0 Å². The average Bonchev–Trinajstić information content (AvgIpc) is 2.97.